The van der Waals surface area contributed by atoms with Crippen molar-refractivity contribution >= 4 is 32.7 Å². The van der Waals surface area contributed by atoms with Gasteiger partial charge in [0.15, 0.2) is 0 Å². The molecule has 1 atom stereocenters. The van der Waals surface area contributed by atoms with Gasteiger partial charge in [0.25, 0.3) is 0 Å². The average Bonchev–Trinajstić information content (AvgIpc) is 3.14. The van der Waals surface area contributed by atoms with Gasteiger partial charge in [-0.2, -0.15) is 0 Å². The highest BCUT2D eigenvalue weighted by Crippen LogP contribution is 2.20. The van der Waals surface area contributed by atoms with Crippen LogP contribution in [-0.4, -0.2) is 49.7 Å². The molecule has 3 rings (SSSR count). The van der Waals surface area contributed by atoms with Crippen molar-refractivity contribution in [2.24, 2.45) is 0 Å². The highest BCUT2D eigenvalue weighted by atomic mass is 32.2. The highest BCUT2D eigenvalue weighted by Gasteiger charge is 2.24. The highest BCUT2D eigenvalue weighted by molar-refractivity contribution is 7.89. The van der Waals surface area contributed by atoms with Crippen molar-refractivity contribution in [1.82, 2.24) is 19.9 Å². The third-order valence-corrected chi connectivity index (χ3v) is 6.89. The van der Waals surface area contributed by atoms with Gasteiger partial charge in [-0.15, -0.1) is 0 Å². The van der Waals surface area contributed by atoms with Crippen LogP contribution >= 0.6 is 0 Å². The van der Waals surface area contributed by atoms with Crippen LogP contribution in [-0.2, 0) is 32.6 Å². The molecular formula is C22H26N4O4S. The summed E-state index contributed by atoms with van der Waals surface area (Å²) >= 11 is 0. The lowest BCUT2D eigenvalue weighted by atomic mass is 10.0. The van der Waals surface area contributed by atoms with Crippen LogP contribution in [0.2, 0.25) is 0 Å². The number of H-pyrrole nitrogens is 1. The largest absolute Gasteiger partial charge is 0.361 e. The number of aromatic nitrogens is 1. The first-order valence-electron chi connectivity index (χ1n) is 9.80. The maximum absolute atomic E-state index is 12.9. The van der Waals surface area contributed by atoms with E-state index in [0.717, 1.165) is 20.8 Å². The normalized spacial score (nSPS) is 12.6. The zero-order valence-electron chi connectivity index (χ0n) is 17.7. The molecule has 0 fully saturated rings. The monoisotopic (exact) mass is 442 g/mol. The van der Waals surface area contributed by atoms with Gasteiger partial charge in [0.1, 0.15) is 6.04 Å². The van der Waals surface area contributed by atoms with Crippen molar-refractivity contribution in [2.45, 2.75) is 30.8 Å². The van der Waals surface area contributed by atoms with E-state index < -0.39 is 22.0 Å². The third-order valence-electron chi connectivity index (χ3n) is 4.98. The quantitative estimate of drug-likeness (QED) is 0.494. The number of fused-ring (bicyclic) bond motifs is 1. The van der Waals surface area contributed by atoms with E-state index in [9.17, 15) is 18.0 Å². The van der Waals surface area contributed by atoms with Crippen LogP contribution in [0.15, 0.2) is 59.6 Å². The molecule has 31 heavy (non-hydrogen) atoms. The minimum absolute atomic E-state index is 0.0199. The van der Waals surface area contributed by atoms with Crippen LogP contribution in [0.25, 0.3) is 10.9 Å². The lowest BCUT2D eigenvalue weighted by Crippen LogP contribution is -2.47. The maximum atomic E-state index is 12.9. The Morgan fingerprint density at radius 3 is 2.42 bits per heavy atom. The Bertz CT molecular complexity index is 1200. The van der Waals surface area contributed by atoms with Crippen LogP contribution < -0.4 is 10.6 Å². The number of aromatic amines is 1. The van der Waals surface area contributed by atoms with Crippen molar-refractivity contribution in [3.8, 4) is 0 Å². The lowest BCUT2D eigenvalue weighted by molar-refractivity contribution is -0.128. The summed E-state index contributed by atoms with van der Waals surface area (Å²) in [6.45, 7) is 1.38. The topological polar surface area (TPSA) is 111 Å². The summed E-state index contributed by atoms with van der Waals surface area (Å²) in [4.78, 5) is 27.9. The minimum atomic E-state index is -3.65. The Hall–Kier alpha value is -3.17. The molecule has 2 amide bonds. The molecule has 0 spiro atoms. The number of hydrogen-bond donors (Lipinski definition) is 3. The number of hydrogen-bond acceptors (Lipinski definition) is 4. The van der Waals surface area contributed by atoms with Gasteiger partial charge < -0.3 is 15.6 Å². The van der Waals surface area contributed by atoms with E-state index in [0.29, 0.717) is 12.0 Å². The molecule has 0 saturated heterocycles. The van der Waals surface area contributed by atoms with E-state index in [1.165, 1.54) is 27.1 Å². The van der Waals surface area contributed by atoms with Crippen LogP contribution in [0, 0.1) is 0 Å². The fraction of sp³-hybridized carbons (Fsp3) is 0.273. The molecule has 1 aromatic heterocycles. The predicted octanol–water partition coefficient (Wildman–Crippen LogP) is 1.78. The molecule has 1 unspecified atom stereocenters. The Balaban J connectivity index is 1.79. The molecule has 0 saturated carbocycles. The lowest BCUT2D eigenvalue weighted by Gasteiger charge is -2.19. The van der Waals surface area contributed by atoms with Gasteiger partial charge in [-0.25, -0.2) is 12.7 Å². The first kappa shape index (κ1) is 22.5. The van der Waals surface area contributed by atoms with Crippen LogP contribution in [0.1, 0.15) is 18.1 Å². The number of nitrogens with zero attached hydrogens (tertiary/aromatic N) is 1. The molecule has 0 aliphatic carbocycles. The Labute approximate surface area is 181 Å². The van der Waals surface area contributed by atoms with Gasteiger partial charge in [0.05, 0.1) is 4.90 Å². The number of sulfonamides is 1. The number of carbonyl (C=O) groups excluding carboxylic acids is 2. The van der Waals surface area contributed by atoms with Gasteiger partial charge in [0, 0.05) is 51.1 Å². The molecule has 3 N–H and O–H groups in total. The Morgan fingerprint density at radius 1 is 1.03 bits per heavy atom. The molecule has 0 aliphatic heterocycles. The smallest absolute Gasteiger partial charge is 0.243 e. The minimum Gasteiger partial charge on any atom is -0.361 e. The van der Waals surface area contributed by atoms with E-state index in [4.69, 9.17) is 0 Å². The number of nitrogens with one attached hydrogen (secondary N) is 3. The number of rotatable bonds is 8. The molecule has 8 nitrogen and oxygen atoms in total. The molecule has 0 radical (unpaired) electrons. The second kappa shape index (κ2) is 9.32. The molecule has 2 aromatic carbocycles. The van der Waals surface area contributed by atoms with Crippen molar-refractivity contribution in [3.05, 3.63) is 65.9 Å². The van der Waals surface area contributed by atoms with Gasteiger partial charge in [-0.1, -0.05) is 36.4 Å². The van der Waals surface area contributed by atoms with Crippen LogP contribution in [0.3, 0.4) is 0 Å². The van der Waals surface area contributed by atoms with Crippen molar-refractivity contribution in [3.63, 3.8) is 0 Å². The molecule has 164 valence electrons. The zero-order valence-corrected chi connectivity index (χ0v) is 18.5. The number of carbonyl (C=O) groups is 2. The van der Waals surface area contributed by atoms with Crippen LogP contribution in [0.5, 0.6) is 0 Å². The van der Waals surface area contributed by atoms with Gasteiger partial charge >= 0.3 is 0 Å². The Morgan fingerprint density at radius 2 is 1.71 bits per heavy atom. The van der Waals surface area contributed by atoms with Crippen molar-refractivity contribution < 1.29 is 18.0 Å². The third kappa shape index (κ3) is 5.12. The molecule has 0 bridgehead atoms. The molecule has 1 heterocycles. The maximum Gasteiger partial charge on any atom is 0.243 e. The molecule has 0 aliphatic rings. The van der Waals surface area contributed by atoms with E-state index in [1.54, 1.807) is 18.2 Å². The van der Waals surface area contributed by atoms with E-state index in [1.807, 2.05) is 30.5 Å². The summed E-state index contributed by atoms with van der Waals surface area (Å²) in [5.74, 6) is -0.715. The van der Waals surface area contributed by atoms with E-state index in [2.05, 4.69) is 15.6 Å². The first-order valence-corrected chi connectivity index (χ1v) is 11.2. The fourth-order valence-corrected chi connectivity index (χ4v) is 4.49. The fourth-order valence-electron chi connectivity index (χ4n) is 3.38. The van der Waals surface area contributed by atoms with Gasteiger partial charge in [-0.05, 0) is 23.3 Å². The van der Waals surface area contributed by atoms with Crippen molar-refractivity contribution in [2.75, 3.05) is 14.1 Å². The van der Waals surface area contributed by atoms with Crippen LogP contribution in [0.4, 0.5) is 0 Å². The average molecular weight is 443 g/mol. The molecule has 9 heteroatoms. The van der Waals surface area contributed by atoms with E-state index >= 15 is 0 Å². The first-order chi connectivity index (χ1) is 14.7. The van der Waals surface area contributed by atoms with Crippen molar-refractivity contribution in [1.29, 1.82) is 0 Å². The standard InChI is InChI=1S/C22H26N4O4S/c1-15(27)25-20(12-17-14-23-19-10-6-5-9-18(17)19)22(28)24-13-16-8-4-7-11-21(16)31(29,30)26(2)3/h4-11,14,20,23H,12-13H2,1-3H3,(H,24,28)(H,25,27). The number of para-hydroxylation sites is 1. The summed E-state index contributed by atoms with van der Waals surface area (Å²) in [5, 5.41) is 6.44. The summed E-state index contributed by atoms with van der Waals surface area (Å²) in [6.07, 6.45) is 2.12. The number of benzene rings is 2. The molecular weight excluding hydrogens is 416 g/mol. The summed E-state index contributed by atoms with van der Waals surface area (Å²) in [5.41, 5.74) is 2.32. The Kier molecular flexibility index (Phi) is 6.77. The van der Waals surface area contributed by atoms with Gasteiger partial charge in [0.2, 0.25) is 21.8 Å². The number of amides is 2. The predicted molar refractivity (Wildman–Crippen MR) is 119 cm³/mol. The SMILES string of the molecule is CC(=O)NC(Cc1c[nH]c2ccccc12)C(=O)NCc1ccccc1S(=O)(=O)N(C)C. The second-order valence-corrected chi connectivity index (χ2v) is 9.55. The summed E-state index contributed by atoms with van der Waals surface area (Å²) in [7, 11) is -0.738. The summed E-state index contributed by atoms with van der Waals surface area (Å²) in [6, 6.07) is 13.4. The zero-order chi connectivity index (χ0) is 22.6. The summed E-state index contributed by atoms with van der Waals surface area (Å²) < 4.78 is 26.3. The molecule has 3 aromatic rings. The van der Waals surface area contributed by atoms with Gasteiger partial charge in [-0.3, -0.25) is 9.59 Å². The van der Waals surface area contributed by atoms with E-state index in [-0.39, 0.29) is 17.3 Å². The second-order valence-electron chi connectivity index (χ2n) is 7.43.